The van der Waals surface area contributed by atoms with E-state index in [2.05, 4.69) is 10.3 Å². The van der Waals surface area contributed by atoms with Crippen molar-refractivity contribution in [2.75, 3.05) is 5.32 Å². The lowest BCUT2D eigenvalue weighted by atomic mass is 10.2. The largest absolute Gasteiger partial charge is 0.302 e. The lowest BCUT2D eigenvalue weighted by Gasteiger charge is -1.98. The highest BCUT2D eigenvalue weighted by Crippen LogP contribution is 2.35. The Hall–Kier alpha value is -2.05. The van der Waals surface area contributed by atoms with Crippen molar-refractivity contribution < 1.29 is 9.18 Å². The predicted octanol–water partition coefficient (Wildman–Crippen LogP) is 5.42. The maximum atomic E-state index is 13.0. The number of thiophene rings is 1. The zero-order chi connectivity index (χ0) is 16.2. The van der Waals surface area contributed by atoms with Crippen molar-refractivity contribution in [3.8, 4) is 21.0 Å². The first-order valence-corrected chi connectivity index (χ1v) is 8.97. The van der Waals surface area contributed by atoms with Crippen LogP contribution < -0.4 is 5.32 Å². The summed E-state index contributed by atoms with van der Waals surface area (Å²) in [6.45, 7) is 1.97. The fourth-order valence-electron chi connectivity index (χ4n) is 2.10. The Morgan fingerprint density at radius 2 is 1.91 bits per heavy atom. The van der Waals surface area contributed by atoms with Crippen LogP contribution in [0.1, 0.15) is 19.8 Å². The third-order valence-corrected chi connectivity index (χ3v) is 5.13. The van der Waals surface area contributed by atoms with Crippen LogP contribution in [0.3, 0.4) is 0 Å². The Morgan fingerprint density at radius 1 is 1.17 bits per heavy atom. The number of benzene rings is 1. The first kappa shape index (κ1) is 15.8. The molecule has 1 amide bonds. The fraction of sp³-hybridized carbons (Fsp3) is 0.176. The van der Waals surface area contributed by atoms with Gasteiger partial charge in [0.2, 0.25) is 5.91 Å². The van der Waals surface area contributed by atoms with Crippen LogP contribution in [0.4, 0.5) is 9.52 Å². The molecule has 0 aliphatic heterocycles. The van der Waals surface area contributed by atoms with Gasteiger partial charge in [-0.1, -0.05) is 19.1 Å². The molecule has 23 heavy (non-hydrogen) atoms. The van der Waals surface area contributed by atoms with Gasteiger partial charge in [0.15, 0.2) is 5.13 Å². The smallest absolute Gasteiger partial charge is 0.226 e. The van der Waals surface area contributed by atoms with Crippen molar-refractivity contribution in [1.82, 2.24) is 4.98 Å². The molecule has 0 spiro atoms. The molecule has 118 valence electrons. The normalized spacial score (nSPS) is 10.7. The lowest BCUT2D eigenvalue weighted by Crippen LogP contribution is -2.10. The average Bonchev–Trinajstić information content (AvgIpc) is 3.17. The van der Waals surface area contributed by atoms with Crippen molar-refractivity contribution >= 4 is 33.7 Å². The molecule has 0 radical (unpaired) electrons. The molecular weight excluding hydrogens is 331 g/mol. The van der Waals surface area contributed by atoms with Gasteiger partial charge in [-0.15, -0.1) is 22.7 Å². The van der Waals surface area contributed by atoms with Gasteiger partial charge in [-0.3, -0.25) is 4.79 Å². The van der Waals surface area contributed by atoms with E-state index in [-0.39, 0.29) is 11.7 Å². The predicted molar refractivity (Wildman–Crippen MR) is 94.4 cm³/mol. The number of nitrogens with zero attached hydrogens (tertiary/aromatic N) is 1. The standard InChI is InChI=1S/C17H15FN2OS2/c1-2-3-16(21)20-17-19-13(10-22-17)15-9-8-14(23-15)11-4-6-12(18)7-5-11/h4-10H,2-3H2,1H3,(H,19,20,21). The quantitative estimate of drug-likeness (QED) is 0.670. The maximum Gasteiger partial charge on any atom is 0.226 e. The summed E-state index contributed by atoms with van der Waals surface area (Å²) >= 11 is 3.02. The van der Waals surface area contributed by atoms with Crippen LogP contribution in [0.5, 0.6) is 0 Å². The van der Waals surface area contributed by atoms with Crippen molar-refractivity contribution in [3.05, 3.63) is 47.6 Å². The number of anilines is 1. The Bertz CT molecular complexity index is 808. The number of amides is 1. The van der Waals surface area contributed by atoms with Gasteiger partial charge in [0.1, 0.15) is 5.82 Å². The van der Waals surface area contributed by atoms with Gasteiger partial charge in [-0.2, -0.15) is 0 Å². The van der Waals surface area contributed by atoms with Crippen molar-refractivity contribution in [2.45, 2.75) is 19.8 Å². The van der Waals surface area contributed by atoms with Gasteiger partial charge in [0.25, 0.3) is 0 Å². The second kappa shape index (κ2) is 7.02. The minimum atomic E-state index is -0.238. The second-order valence-electron chi connectivity index (χ2n) is 5.01. The van der Waals surface area contributed by atoms with Crippen LogP contribution in [0.2, 0.25) is 0 Å². The summed E-state index contributed by atoms with van der Waals surface area (Å²) in [5.74, 6) is -0.246. The zero-order valence-electron chi connectivity index (χ0n) is 12.5. The SMILES string of the molecule is CCCC(=O)Nc1nc(-c2ccc(-c3ccc(F)cc3)s2)cs1. The van der Waals surface area contributed by atoms with Crippen LogP contribution in [0.25, 0.3) is 21.0 Å². The average molecular weight is 346 g/mol. The zero-order valence-corrected chi connectivity index (χ0v) is 14.1. The Morgan fingerprint density at radius 3 is 2.65 bits per heavy atom. The number of nitrogens with one attached hydrogen (secondary N) is 1. The summed E-state index contributed by atoms with van der Waals surface area (Å²) in [6.07, 6.45) is 1.32. The topological polar surface area (TPSA) is 42.0 Å². The maximum absolute atomic E-state index is 13.0. The van der Waals surface area contributed by atoms with Gasteiger partial charge < -0.3 is 5.32 Å². The van der Waals surface area contributed by atoms with E-state index >= 15 is 0 Å². The molecule has 2 heterocycles. The number of carbonyl (C=O) groups excluding carboxylic acids is 1. The first-order valence-electron chi connectivity index (χ1n) is 7.27. The van der Waals surface area contributed by atoms with Gasteiger partial charge in [0, 0.05) is 16.7 Å². The molecule has 3 aromatic rings. The molecule has 0 aliphatic rings. The Kier molecular flexibility index (Phi) is 4.83. The van der Waals surface area contributed by atoms with Crippen molar-refractivity contribution in [1.29, 1.82) is 0 Å². The molecule has 0 fully saturated rings. The Labute approximate surface area is 141 Å². The van der Waals surface area contributed by atoms with E-state index in [0.717, 1.165) is 27.4 Å². The van der Waals surface area contributed by atoms with Gasteiger partial charge in [-0.05, 0) is 36.2 Å². The summed E-state index contributed by atoms with van der Waals surface area (Å²) in [7, 11) is 0. The molecular formula is C17H15FN2OS2. The molecule has 0 saturated heterocycles. The monoisotopic (exact) mass is 346 g/mol. The van der Waals surface area contributed by atoms with Crippen molar-refractivity contribution in [3.63, 3.8) is 0 Å². The number of aromatic nitrogens is 1. The molecule has 0 unspecified atom stereocenters. The molecule has 2 aromatic heterocycles. The molecule has 1 aromatic carbocycles. The van der Waals surface area contributed by atoms with Gasteiger partial charge in [-0.25, -0.2) is 9.37 Å². The highest BCUT2D eigenvalue weighted by molar-refractivity contribution is 7.19. The minimum Gasteiger partial charge on any atom is -0.302 e. The van der Waals surface area contributed by atoms with Gasteiger partial charge in [0.05, 0.1) is 10.6 Å². The summed E-state index contributed by atoms with van der Waals surface area (Å²) in [5.41, 5.74) is 1.83. The van der Waals surface area contributed by atoms with E-state index in [1.165, 1.54) is 23.5 Å². The van der Waals surface area contributed by atoms with E-state index in [1.807, 2.05) is 24.4 Å². The highest BCUT2D eigenvalue weighted by atomic mass is 32.1. The molecule has 0 bridgehead atoms. The van der Waals surface area contributed by atoms with Crippen LogP contribution in [-0.4, -0.2) is 10.9 Å². The van der Waals surface area contributed by atoms with Crippen LogP contribution in [0, 0.1) is 5.82 Å². The van der Waals surface area contributed by atoms with Crippen LogP contribution >= 0.6 is 22.7 Å². The molecule has 0 saturated carbocycles. The van der Waals surface area contributed by atoms with Crippen LogP contribution in [-0.2, 0) is 4.79 Å². The highest BCUT2D eigenvalue weighted by Gasteiger charge is 2.10. The molecule has 1 N–H and O–H groups in total. The van der Waals surface area contributed by atoms with E-state index in [4.69, 9.17) is 0 Å². The summed E-state index contributed by atoms with van der Waals surface area (Å²) < 4.78 is 13.0. The Balaban J connectivity index is 1.77. The van der Waals surface area contributed by atoms with E-state index < -0.39 is 0 Å². The molecule has 0 atom stereocenters. The molecule has 0 aliphatic carbocycles. The number of thiazole rings is 1. The summed E-state index contributed by atoms with van der Waals surface area (Å²) in [4.78, 5) is 18.1. The lowest BCUT2D eigenvalue weighted by molar-refractivity contribution is -0.116. The van der Waals surface area contributed by atoms with E-state index in [1.54, 1.807) is 23.5 Å². The minimum absolute atomic E-state index is 0.00780. The first-order chi connectivity index (χ1) is 11.2. The van der Waals surface area contributed by atoms with E-state index in [0.29, 0.717) is 11.6 Å². The van der Waals surface area contributed by atoms with Crippen LogP contribution in [0.15, 0.2) is 41.8 Å². The fourth-order valence-corrected chi connectivity index (χ4v) is 3.87. The molecule has 3 rings (SSSR count). The number of carbonyl (C=O) groups is 1. The second-order valence-corrected chi connectivity index (χ2v) is 6.95. The number of rotatable bonds is 5. The number of hydrogen-bond acceptors (Lipinski definition) is 4. The summed E-state index contributed by atoms with van der Waals surface area (Å²) in [5, 5.41) is 5.36. The number of halogens is 1. The van der Waals surface area contributed by atoms with E-state index in [9.17, 15) is 9.18 Å². The summed E-state index contributed by atoms with van der Waals surface area (Å²) in [6, 6.07) is 10.4. The molecule has 6 heteroatoms. The van der Waals surface area contributed by atoms with Gasteiger partial charge >= 0.3 is 0 Å². The number of hydrogen-bond donors (Lipinski definition) is 1. The third kappa shape index (κ3) is 3.83. The van der Waals surface area contributed by atoms with Crippen molar-refractivity contribution in [2.24, 2.45) is 0 Å². The third-order valence-electron chi connectivity index (χ3n) is 3.21. The molecule has 3 nitrogen and oxygen atoms in total.